The summed E-state index contributed by atoms with van der Waals surface area (Å²) in [6.07, 6.45) is 3.82. The zero-order valence-electron chi connectivity index (χ0n) is 20.0. The summed E-state index contributed by atoms with van der Waals surface area (Å²) in [5, 5.41) is 8.33. The van der Waals surface area contributed by atoms with Crippen LogP contribution in [0.1, 0.15) is 36.1 Å². The summed E-state index contributed by atoms with van der Waals surface area (Å²) in [6.45, 7) is 8.59. The van der Waals surface area contributed by atoms with Gasteiger partial charge in [-0.3, -0.25) is 0 Å². The molecule has 0 aliphatic rings. The Morgan fingerprint density at radius 3 is 2.67 bits per heavy atom. The SMILES string of the molecule is C/C=C/CO/N=C(\C)c1cc(C)c(OCc2ccccc2-n2c(OC)nn(C)c2=O)cc1C. The van der Waals surface area contributed by atoms with Crippen molar-refractivity contribution >= 4 is 5.71 Å². The van der Waals surface area contributed by atoms with Crippen molar-refractivity contribution in [3.05, 3.63) is 81.3 Å². The highest BCUT2D eigenvalue weighted by atomic mass is 16.6. The van der Waals surface area contributed by atoms with Gasteiger partial charge < -0.3 is 14.3 Å². The average Bonchev–Trinajstić information content (AvgIpc) is 3.10. The van der Waals surface area contributed by atoms with Gasteiger partial charge in [-0.1, -0.05) is 29.4 Å². The van der Waals surface area contributed by atoms with Crippen LogP contribution in [0, 0.1) is 13.8 Å². The summed E-state index contributed by atoms with van der Waals surface area (Å²) in [4.78, 5) is 17.9. The van der Waals surface area contributed by atoms with E-state index in [1.807, 2.05) is 76.2 Å². The molecule has 174 valence electrons. The van der Waals surface area contributed by atoms with Crippen molar-refractivity contribution in [2.75, 3.05) is 13.7 Å². The topological polar surface area (TPSA) is 79.9 Å². The van der Waals surface area contributed by atoms with Crippen LogP contribution in [-0.4, -0.2) is 33.8 Å². The highest BCUT2D eigenvalue weighted by Crippen LogP contribution is 2.26. The fourth-order valence-electron chi connectivity index (χ4n) is 3.44. The molecule has 0 bridgehead atoms. The van der Waals surface area contributed by atoms with Gasteiger partial charge in [0, 0.05) is 18.2 Å². The number of methoxy groups -OCH3 is 1. The van der Waals surface area contributed by atoms with E-state index in [9.17, 15) is 4.79 Å². The first-order chi connectivity index (χ1) is 15.9. The zero-order chi connectivity index (χ0) is 24.0. The summed E-state index contributed by atoms with van der Waals surface area (Å²) in [5.41, 5.74) is 5.04. The number of ether oxygens (including phenoxy) is 2. The second kappa shape index (κ2) is 10.7. The second-order valence-corrected chi connectivity index (χ2v) is 7.62. The van der Waals surface area contributed by atoms with Crippen molar-refractivity contribution in [2.24, 2.45) is 12.2 Å². The van der Waals surface area contributed by atoms with Gasteiger partial charge in [-0.05, 0) is 63.1 Å². The van der Waals surface area contributed by atoms with Crippen LogP contribution < -0.4 is 15.2 Å². The van der Waals surface area contributed by atoms with E-state index in [4.69, 9.17) is 14.3 Å². The van der Waals surface area contributed by atoms with Crippen molar-refractivity contribution in [2.45, 2.75) is 34.3 Å². The maximum atomic E-state index is 12.6. The van der Waals surface area contributed by atoms with Crippen LogP contribution in [0.5, 0.6) is 11.8 Å². The lowest BCUT2D eigenvalue weighted by Crippen LogP contribution is -2.22. The molecular weight excluding hydrogens is 420 g/mol. The number of oxime groups is 1. The van der Waals surface area contributed by atoms with E-state index in [2.05, 4.69) is 10.3 Å². The van der Waals surface area contributed by atoms with Gasteiger partial charge in [-0.2, -0.15) is 0 Å². The number of hydrogen-bond acceptors (Lipinski definition) is 6. The van der Waals surface area contributed by atoms with Crippen molar-refractivity contribution in [1.82, 2.24) is 14.3 Å². The van der Waals surface area contributed by atoms with Crippen molar-refractivity contribution in [3.8, 4) is 17.4 Å². The van der Waals surface area contributed by atoms with Gasteiger partial charge in [-0.25, -0.2) is 14.0 Å². The number of aromatic nitrogens is 3. The molecule has 8 heteroatoms. The molecule has 3 rings (SSSR count). The lowest BCUT2D eigenvalue weighted by molar-refractivity contribution is 0.174. The Morgan fingerprint density at radius 1 is 1.18 bits per heavy atom. The number of benzene rings is 2. The Balaban J connectivity index is 1.85. The molecule has 1 heterocycles. The minimum Gasteiger partial charge on any atom is -0.489 e. The van der Waals surface area contributed by atoms with Gasteiger partial charge in [0.05, 0.1) is 18.5 Å². The Labute approximate surface area is 193 Å². The molecule has 0 amide bonds. The molecule has 0 atom stereocenters. The fraction of sp³-hybridized carbons (Fsp3) is 0.320. The summed E-state index contributed by atoms with van der Waals surface area (Å²) >= 11 is 0. The van der Waals surface area contributed by atoms with Crippen LogP contribution in [0.25, 0.3) is 5.69 Å². The quantitative estimate of drug-likeness (QED) is 0.212. The largest absolute Gasteiger partial charge is 0.489 e. The van der Waals surface area contributed by atoms with Crippen LogP contribution in [0.2, 0.25) is 0 Å². The van der Waals surface area contributed by atoms with Gasteiger partial charge in [0.2, 0.25) is 0 Å². The van der Waals surface area contributed by atoms with Crippen LogP contribution >= 0.6 is 0 Å². The molecule has 0 saturated carbocycles. The molecule has 0 unspecified atom stereocenters. The number of allylic oxidation sites excluding steroid dienone is 1. The molecule has 1 aromatic heterocycles. The molecule has 0 saturated heterocycles. The first-order valence-corrected chi connectivity index (χ1v) is 10.7. The standard InChI is InChI=1S/C25H30N4O4/c1-7-8-13-33-27-19(4)21-14-18(3)23(15-17(21)2)32-16-20-11-9-10-12-22(20)29-24(31-6)26-28(5)25(29)30/h7-12,14-15H,13,16H2,1-6H3/b8-7+,27-19+. The molecule has 0 aliphatic carbocycles. The first kappa shape index (κ1) is 23.8. The van der Waals surface area contributed by atoms with Gasteiger partial charge in [0.15, 0.2) is 0 Å². The van der Waals surface area contributed by atoms with Crippen molar-refractivity contribution < 1.29 is 14.3 Å². The maximum absolute atomic E-state index is 12.6. The Hall–Kier alpha value is -3.81. The predicted octanol–water partition coefficient (Wildman–Crippen LogP) is 4.09. The van der Waals surface area contributed by atoms with Gasteiger partial charge in [-0.15, -0.1) is 5.10 Å². The molecule has 3 aromatic rings. The third kappa shape index (κ3) is 5.34. The van der Waals surface area contributed by atoms with Crippen LogP contribution in [0.15, 0.2) is 58.5 Å². The van der Waals surface area contributed by atoms with E-state index < -0.39 is 0 Å². The number of hydrogen-bond donors (Lipinski definition) is 0. The fourth-order valence-corrected chi connectivity index (χ4v) is 3.44. The monoisotopic (exact) mass is 450 g/mol. The van der Waals surface area contributed by atoms with E-state index in [1.165, 1.54) is 16.4 Å². The summed E-state index contributed by atoms with van der Waals surface area (Å²) in [7, 11) is 3.08. The van der Waals surface area contributed by atoms with Crippen molar-refractivity contribution in [1.29, 1.82) is 0 Å². The third-order valence-electron chi connectivity index (χ3n) is 5.21. The molecule has 0 radical (unpaired) electrons. The lowest BCUT2D eigenvalue weighted by atomic mass is 10.0. The summed E-state index contributed by atoms with van der Waals surface area (Å²) < 4.78 is 14.1. The molecular formula is C25H30N4O4. The molecule has 0 aliphatic heterocycles. The number of rotatable bonds is 9. The third-order valence-corrected chi connectivity index (χ3v) is 5.21. The van der Waals surface area contributed by atoms with Crippen LogP contribution in [0.4, 0.5) is 0 Å². The van der Waals surface area contributed by atoms with E-state index in [-0.39, 0.29) is 18.3 Å². The molecule has 8 nitrogen and oxygen atoms in total. The molecule has 2 aromatic carbocycles. The highest BCUT2D eigenvalue weighted by Gasteiger charge is 2.17. The van der Waals surface area contributed by atoms with E-state index in [1.54, 1.807) is 7.05 Å². The second-order valence-electron chi connectivity index (χ2n) is 7.62. The normalized spacial score (nSPS) is 11.8. The van der Waals surface area contributed by atoms with Crippen LogP contribution in [0.3, 0.4) is 0 Å². The van der Waals surface area contributed by atoms with Crippen molar-refractivity contribution in [3.63, 3.8) is 0 Å². The average molecular weight is 451 g/mol. The van der Waals surface area contributed by atoms with E-state index in [0.29, 0.717) is 12.3 Å². The number of para-hydroxylation sites is 1. The molecule has 0 spiro atoms. The molecule has 33 heavy (non-hydrogen) atoms. The maximum Gasteiger partial charge on any atom is 0.353 e. The van der Waals surface area contributed by atoms with Gasteiger partial charge in [0.1, 0.15) is 19.0 Å². The lowest BCUT2D eigenvalue weighted by Gasteiger charge is -2.15. The van der Waals surface area contributed by atoms with Gasteiger partial charge >= 0.3 is 11.7 Å². The van der Waals surface area contributed by atoms with Crippen LogP contribution in [-0.2, 0) is 18.5 Å². The van der Waals surface area contributed by atoms with E-state index >= 15 is 0 Å². The Bertz CT molecular complexity index is 1240. The smallest absolute Gasteiger partial charge is 0.353 e. The van der Waals surface area contributed by atoms with E-state index in [0.717, 1.165) is 33.7 Å². The highest BCUT2D eigenvalue weighted by molar-refractivity contribution is 6.00. The zero-order valence-corrected chi connectivity index (χ0v) is 20.0. The molecule has 0 fully saturated rings. The number of aryl methyl sites for hydroxylation is 3. The summed E-state index contributed by atoms with van der Waals surface area (Å²) in [6, 6.07) is 11.8. The Morgan fingerprint density at radius 2 is 1.94 bits per heavy atom. The minimum absolute atomic E-state index is 0.220. The summed E-state index contributed by atoms with van der Waals surface area (Å²) in [5.74, 6) is 0.763. The Kier molecular flexibility index (Phi) is 7.71. The first-order valence-electron chi connectivity index (χ1n) is 10.7. The number of nitrogens with zero attached hydrogens (tertiary/aromatic N) is 4. The van der Waals surface area contributed by atoms with Gasteiger partial charge in [0.25, 0.3) is 0 Å². The predicted molar refractivity (Wildman–Crippen MR) is 129 cm³/mol. The minimum atomic E-state index is -0.290. The molecule has 0 N–H and O–H groups in total.